The lowest BCUT2D eigenvalue weighted by atomic mass is 10.1. The first-order valence-corrected chi connectivity index (χ1v) is 4.74. The number of nitrogens with zero attached hydrogens (tertiary/aromatic N) is 1. The van der Waals surface area contributed by atoms with E-state index in [-0.39, 0.29) is 17.8 Å². The minimum absolute atomic E-state index is 0.124. The van der Waals surface area contributed by atoms with E-state index in [0.717, 1.165) is 0 Å². The molecule has 1 aromatic carbocycles. The van der Waals surface area contributed by atoms with Crippen LogP contribution in [0, 0.1) is 11.6 Å². The average Bonchev–Trinajstić information content (AvgIpc) is 2.13. The smallest absolute Gasteiger partial charge is 0.386 e. The van der Waals surface area contributed by atoms with E-state index in [4.69, 9.17) is 17.3 Å². The van der Waals surface area contributed by atoms with E-state index in [1.165, 1.54) is 0 Å². The summed E-state index contributed by atoms with van der Waals surface area (Å²) in [5.74, 6) is -3.66. The van der Waals surface area contributed by atoms with Crippen molar-refractivity contribution in [1.82, 2.24) is 0 Å². The molecule has 8 heteroatoms. The highest BCUT2D eigenvalue weighted by atomic mass is 35.5. The summed E-state index contributed by atoms with van der Waals surface area (Å²) >= 11 is 5.22. The van der Waals surface area contributed by atoms with Crippen LogP contribution in [0.2, 0.25) is 0 Å². The van der Waals surface area contributed by atoms with Crippen molar-refractivity contribution in [3.63, 3.8) is 0 Å². The lowest BCUT2D eigenvalue weighted by molar-refractivity contribution is -0.139. The molecule has 0 fully saturated rings. The van der Waals surface area contributed by atoms with Gasteiger partial charge in [-0.3, -0.25) is 0 Å². The molecule has 0 unspecified atom stereocenters. The Hall–Kier alpha value is -1.37. The van der Waals surface area contributed by atoms with Crippen LogP contribution in [0.25, 0.3) is 0 Å². The van der Waals surface area contributed by atoms with Gasteiger partial charge in [0.05, 0.1) is 11.6 Å². The van der Waals surface area contributed by atoms with Crippen LogP contribution >= 0.6 is 11.6 Å². The van der Waals surface area contributed by atoms with Crippen LogP contribution in [0.1, 0.15) is 5.56 Å². The van der Waals surface area contributed by atoms with Crippen molar-refractivity contribution >= 4 is 23.1 Å². The normalized spacial score (nSPS) is 12.9. The summed E-state index contributed by atoms with van der Waals surface area (Å²) < 4.78 is 63.3. The number of hydrogen-bond acceptors (Lipinski definition) is 1. The van der Waals surface area contributed by atoms with Crippen LogP contribution in [0.5, 0.6) is 0 Å². The van der Waals surface area contributed by atoms with Crippen LogP contribution in [0.15, 0.2) is 17.1 Å². The molecule has 0 atom stereocenters. The van der Waals surface area contributed by atoms with Crippen molar-refractivity contribution < 1.29 is 22.0 Å². The number of amidine groups is 1. The number of rotatable bonds is 2. The zero-order valence-electron chi connectivity index (χ0n) is 8.15. The zero-order chi connectivity index (χ0) is 13.2. The van der Waals surface area contributed by atoms with Gasteiger partial charge in [-0.1, -0.05) is 0 Å². The molecule has 17 heavy (non-hydrogen) atoms. The number of benzene rings is 1. The molecule has 1 aromatic rings. The monoisotopic (exact) mass is 272 g/mol. The molecule has 0 amide bonds. The van der Waals surface area contributed by atoms with Gasteiger partial charge in [0.15, 0.2) is 0 Å². The highest BCUT2D eigenvalue weighted by Crippen LogP contribution is 2.38. The van der Waals surface area contributed by atoms with Crippen molar-refractivity contribution in [2.45, 2.75) is 6.18 Å². The Morgan fingerprint density at radius 2 is 1.88 bits per heavy atom. The number of alkyl halides is 4. The lowest BCUT2D eigenvalue weighted by Gasteiger charge is -2.11. The largest absolute Gasteiger partial charge is 0.421 e. The summed E-state index contributed by atoms with van der Waals surface area (Å²) in [5.41, 5.74) is 2.51. The molecule has 0 aliphatic carbocycles. The van der Waals surface area contributed by atoms with E-state index in [9.17, 15) is 22.0 Å². The maximum atomic E-state index is 13.1. The minimum Gasteiger partial charge on any atom is -0.386 e. The second-order valence-corrected chi connectivity index (χ2v) is 3.28. The van der Waals surface area contributed by atoms with Gasteiger partial charge in [0.25, 0.3) is 0 Å². The van der Waals surface area contributed by atoms with Gasteiger partial charge in [-0.2, -0.15) is 13.2 Å². The fourth-order valence-electron chi connectivity index (χ4n) is 1.11. The van der Waals surface area contributed by atoms with Crippen LogP contribution in [-0.4, -0.2) is 11.7 Å². The van der Waals surface area contributed by atoms with Crippen molar-refractivity contribution in [2.75, 3.05) is 5.88 Å². The molecule has 0 bridgehead atoms. The summed E-state index contributed by atoms with van der Waals surface area (Å²) in [6.07, 6.45) is -5.00. The van der Waals surface area contributed by atoms with Crippen LogP contribution in [0.3, 0.4) is 0 Å². The zero-order valence-corrected chi connectivity index (χ0v) is 8.91. The highest BCUT2D eigenvalue weighted by molar-refractivity contribution is 6.28. The van der Waals surface area contributed by atoms with Gasteiger partial charge in [0.2, 0.25) is 0 Å². The SMILES string of the molecule is NC(CCl)=Nc1cc(F)cc(F)c1C(F)(F)F. The molecule has 0 radical (unpaired) electrons. The van der Waals surface area contributed by atoms with Gasteiger partial charge in [-0.05, 0) is 0 Å². The molecule has 0 aliphatic rings. The Bertz CT molecular complexity index is 455. The molecule has 1 rings (SSSR count). The van der Waals surface area contributed by atoms with Crippen LogP contribution < -0.4 is 5.73 Å². The molecule has 2 nitrogen and oxygen atoms in total. The predicted octanol–water partition coefficient (Wildman–Crippen LogP) is 3.21. The Balaban J connectivity index is 3.47. The van der Waals surface area contributed by atoms with E-state index in [1.807, 2.05) is 0 Å². The molecule has 94 valence electrons. The first kappa shape index (κ1) is 13.7. The Morgan fingerprint density at radius 1 is 1.29 bits per heavy atom. The quantitative estimate of drug-likeness (QED) is 0.382. The first-order chi connectivity index (χ1) is 7.75. The van der Waals surface area contributed by atoms with Gasteiger partial charge in [-0.15, -0.1) is 11.6 Å². The molecule has 0 aromatic heterocycles. The minimum atomic E-state index is -5.00. The molecular weight excluding hydrogens is 267 g/mol. The van der Waals surface area contributed by atoms with Gasteiger partial charge < -0.3 is 5.73 Å². The van der Waals surface area contributed by atoms with Crippen molar-refractivity contribution in [1.29, 1.82) is 0 Å². The third-order valence-corrected chi connectivity index (χ3v) is 1.99. The fourth-order valence-corrected chi connectivity index (χ4v) is 1.17. The van der Waals surface area contributed by atoms with Crippen molar-refractivity contribution in [3.05, 3.63) is 29.3 Å². The second kappa shape index (κ2) is 4.87. The van der Waals surface area contributed by atoms with Gasteiger partial charge in [-0.25, -0.2) is 13.8 Å². The van der Waals surface area contributed by atoms with E-state index >= 15 is 0 Å². The summed E-state index contributed by atoms with van der Waals surface area (Å²) in [5, 5.41) is 0. The third-order valence-electron chi connectivity index (χ3n) is 1.72. The second-order valence-electron chi connectivity index (χ2n) is 3.02. The molecule has 0 saturated carbocycles. The Labute approximate surface area is 97.9 Å². The fraction of sp³-hybridized carbons (Fsp3) is 0.222. The first-order valence-electron chi connectivity index (χ1n) is 4.21. The summed E-state index contributed by atoms with van der Waals surface area (Å²) in [6, 6.07) is 0.560. The number of hydrogen-bond donors (Lipinski definition) is 1. The van der Waals surface area contributed by atoms with Gasteiger partial charge in [0, 0.05) is 12.1 Å². The highest BCUT2D eigenvalue weighted by Gasteiger charge is 2.37. The summed E-state index contributed by atoms with van der Waals surface area (Å²) in [4.78, 5) is 3.23. The third kappa shape index (κ3) is 3.29. The van der Waals surface area contributed by atoms with Crippen molar-refractivity contribution in [2.24, 2.45) is 10.7 Å². The molecular formula is C9H6ClF5N2. The average molecular weight is 273 g/mol. The van der Waals surface area contributed by atoms with E-state index in [1.54, 1.807) is 0 Å². The maximum Gasteiger partial charge on any atom is 0.421 e. The topological polar surface area (TPSA) is 38.4 Å². The Kier molecular flexibility index (Phi) is 3.92. The maximum absolute atomic E-state index is 13.1. The molecule has 0 aliphatic heterocycles. The summed E-state index contributed by atoms with van der Waals surface area (Å²) in [7, 11) is 0. The van der Waals surface area contributed by atoms with Crippen LogP contribution in [-0.2, 0) is 6.18 Å². The predicted molar refractivity (Wildman–Crippen MR) is 53.4 cm³/mol. The van der Waals surface area contributed by atoms with Gasteiger partial charge in [0.1, 0.15) is 23.0 Å². The van der Waals surface area contributed by atoms with Gasteiger partial charge >= 0.3 is 6.18 Å². The number of aliphatic imine (C=N–C) groups is 1. The Morgan fingerprint density at radius 3 is 2.35 bits per heavy atom. The molecule has 2 N–H and O–H groups in total. The molecule has 0 heterocycles. The van der Waals surface area contributed by atoms with Crippen LogP contribution in [0.4, 0.5) is 27.6 Å². The van der Waals surface area contributed by atoms with E-state index in [0.29, 0.717) is 6.07 Å². The lowest BCUT2D eigenvalue weighted by Crippen LogP contribution is -2.14. The molecule has 0 saturated heterocycles. The standard InChI is InChI=1S/C9H6ClF5N2/c10-3-7(16)17-6-2-4(11)1-5(12)8(6)9(13,14)15/h1-2H,3H2,(H2,16,17). The van der Waals surface area contributed by atoms with E-state index < -0.39 is 29.1 Å². The molecule has 0 spiro atoms. The van der Waals surface area contributed by atoms with Crippen molar-refractivity contribution in [3.8, 4) is 0 Å². The number of nitrogens with two attached hydrogens (primary N) is 1. The van der Waals surface area contributed by atoms with E-state index in [2.05, 4.69) is 4.99 Å². The summed E-state index contributed by atoms with van der Waals surface area (Å²) in [6.45, 7) is 0. The number of halogens is 6.